The fourth-order valence-electron chi connectivity index (χ4n) is 1.73. The molecule has 0 aliphatic carbocycles. The first-order valence-corrected chi connectivity index (χ1v) is 7.11. The molecule has 2 rings (SSSR count). The van der Waals surface area contributed by atoms with Crippen molar-refractivity contribution in [2.75, 3.05) is 10.6 Å². The summed E-state index contributed by atoms with van der Waals surface area (Å²) in [6.45, 7) is 0. The fourth-order valence-corrected chi connectivity index (χ4v) is 2.02. The Labute approximate surface area is 140 Å². The number of rotatable bonds is 4. The Morgan fingerprint density at radius 2 is 1.52 bits per heavy atom. The zero-order chi connectivity index (χ0) is 17.0. The summed E-state index contributed by atoms with van der Waals surface area (Å²) in [5.41, 5.74) is -0.255. The Hall–Kier alpha value is -2.18. The molecule has 4 nitrogen and oxygen atoms in total. The second-order valence-electron chi connectivity index (χ2n) is 4.50. The number of nitrogens with one attached hydrogen (secondary N) is 2. The van der Waals surface area contributed by atoms with Crippen molar-refractivity contribution >= 4 is 46.4 Å². The third kappa shape index (κ3) is 4.64. The molecule has 0 atom stereocenters. The summed E-state index contributed by atoms with van der Waals surface area (Å²) in [5, 5.41) is 5.00. The van der Waals surface area contributed by atoms with Crippen molar-refractivity contribution in [3.05, 3.63) is 58.1 Å². The molecular weight excluding hydrogens is 349 g/mol. The fraction of sp³-hybridized carbons (Fsp3) is 0.0667. The smallest absolute Gasteiger partial charge is 0.233 e. The van der Waals surface area contributed by atoms with E-state index in [-0.39, 0.29) is 5.02 Å². The molecule has 23 heavy (non-hydrogen) atoms. The summed E-state index contributed by atoms with van der Waals surface area (Å²) in [4.78, 5) is 23.4. The second-order valence-corrected chi connectivity index (χ2v) is 5.31. The van der Waals surface area contributed by atoms with Crippen LogP contribution < -0.4 is 10.6 Å². The number of carbonyl (C=O) groups excluding carboxylic acids is 2. The lowest BCUT2D eigenvalue weighted by Gasteiger charge is -2.08. The number of hydrogen-bond acceptors (Lipinski definition) is 2. The first-order chi connectivity index (χ1) is 10.9. The number of carbonyl (C=O) groups is 2. The van der Waals surface area contributed by atoms with E-state index in [2.05, 4.69) is 5.32 Å². The van der Waals surface area contributed by atoms with Crippen LogP contribution in [0.3, 0.4) is 0 Å². The lowest BCUT2D eigenvalue weighted by molar-refractivity contribution is -0.123. The Morgan fingerprint density at radius 3 is 2.13 bits per heavy atom. The summed E-state index contributed by atoms with van der Waals surface area (Å²) < 4.78 is 26.8. The van der Waals surface area contributed by atoms with Gasteiger partial charge in [-0.15, -0.1) is 0 Å². The van der Waals surface area contributed by atoms with E-state index in [9.17, 15) is 18.4 Å². The third-order valence-electron chi connectivity index (χ3n) is 2.75. The first-order valence-electron chi connectivity index (χ1n) is 6.35. The number of hydrogen-bond donors (Lipinski definition) is 2. The van der Waals surface area contributed by atoms with Gasteiger partial charge in [0.25, 0.3) is 0 Å². The number of anilines is 2. The molecular formula is C15H10Cl2F2N2O2. The van der Waals surface area contributed by atoms with Gasteiger partial charge in [-0.1, -0.05) is 29.3 Å². The average Bonchev–Trinajstić information content (AvgIpc) is 2.47. The molecule has 0 heterocycles. The molecule has 0 radical (unpaired) electrons. The topological polar surface area (TPSA) is 58.2 Å². The lowest BCUT2D eigenvalue weighted by atomic mass is 10.2. The van der Waals surface area contributed by atoms with E-state index in [0.29, 0.717) is 10.7 Å². The van der Waals surface area contributed by atoms with Crippen LogP contribution in [0.2, 0.25) is 10.0 Å². The molecule has 2 amide bonds. The molecule has 0 bridgehead atoms. The molecule has 2 aromatic rings. The van der Waals surface area contributed by atoms with Crippen LogP contribution in [0.25, 0.3) is 0 Å². The SMILES string of the molecule is O=C(CC(=O)Nc1c(F)cccc1F)Nc1ccc(Cl)c(Cl)c1. The van der Waals surface area contributed by atoms with Gasteiger partial charge >= 0.3 is 0 Å². The Morgan fingerprint density at radius 1 is 0.913 bits per heavy atom. The minimum absolute atomic E-state index is 0.238. The molecule has 0 spiro atoms. The molecule has 120 valence electrons. The van der Waals surface area contributed by atoms with Crippen molar-refractivity contribution in [3.8, 4) is 0 Å². The zero-order valence-corrected chi connectivity index (χ0v) is 13.0. The van der Waals surface area contributed by atoms with Crippen LogP contribution in [0.4, 0.5) is 20.2 Å². The predicted octanol–water partition coefficient (Wildman–Crippen LogP) is 4.24. The Kier molecular flexibility index (Phi) is 5.52. The van der Waals surface area contributed by atoms with Gasteiger partial charge < -0.3 is 10.6 Å². The van der Waals surface area contributed by atoms with E-state index >= 15 is 0 Å². The average molecular weight is 359 g/mol. The quantitative estimate of drug-likeness (QED) is 0.803. The monoisotopic (exact) mass is 358 g/mol. The van der Waals surface area contributed by atoms with Crippen LogP contribution in [-0.4, -0.2) is 11.8 Å². The van der Waals surface area contributed by atoms with Crippen LogP contribution in [0, 0.1) is 11.6 Å². The standard InChI is InChI=1S/C15H10Cl2F2N2O2/c16-9-5-4-8(6-10(9)17)20-13(22)7-14(23)21-15-11(18)2-1-3-12(15)19/h1-6H,7H2,(H,20,22)(H,21,23). The van der Waals surface area contributed by atoms with Crippen LogP contribution in [0.5, 0.6) is 0 Å². The highest BCUT2D eigenvalue weighted by atomic mass is 35.5. The van der Waals surface area contributed by atoms with E-state index in [4.69, 9.17) is 23.2 Å². The first kappa shape index (κ1) is 17.2. The summed E-state index contributed by atoms with van der Waals surface area (Å²) in [7, 11) is 0. The molecule has 0 saturated carbocycles. The van der Waals surface area contributed by atoms with Gasteiger partial charge in [0.1, 0.15) is 23.7 Å². The van der Waals surface area contributed by atoms with Gasteiger partial charge in [-0.25, -0.2) is 8.78 Å². The van der Waals surface area contributed by atoms with E-state index in [1.165, 1.54) is 18.2 Å². The minimum Gasteiger partial charge on any atom is -0.326 e. The van der Waals surface area contributed by atoms with E-state index < -0.39 is 35.6 Å². The maximum absolute atomic E-state index is 13.4. The lowest BCUT2D eigenvalue weighted by Crippen LogP contribution is -2.22. The maximum atomic E-state index is 13.4. The minimum atomic E-state index is -0.928. The highest BCUT2D eigenvalue weighted by Gasteiger charge is 2.15. The van der Waals surface area contributed by atoms with Crippen LogP contribution >= 0.6 is 23.2 Å². The van der Waals surface area contributed by atoms with Crippen molar-refractivity contribution in [1.29, 1.82) is 0 Å². The Bertz CT molecular complexity index is 749. The largest absolute Gasteiger partial charge is 0.326 e. The molecule has 0 unspecified atom stereocenters. The number of amides is 2. The molecule has 0 aliphatic heterocycles. The summed E-state index contributed by atoms with van der Waals surface area (Å²) in [5.74, 6) is -3.38. The van der Waals surface area contributed by atoms with Crippen LogP contribution in [-0.2, 0) is 9.59 Å². The van der Waals surface area contributed by atoms with Gasteiger partial charge in [0, 0.05) is 5.69 Å². The van der Waals surface area contributed by atoms with Crippen molar-refractivity contribution in [1.82, 2.24) is 0 Å². The highest BCUT2D eigenvalue weighted by molar-refractivity contribution is 6.42. The zero-order valence-electron chi connectivity index (χ0n) is 11.5. The summed E-state index contributed by atoms with van der Waals surface area (Å²) in [6, 6.07) is 7.55. The van der Waals surface area contributed by atoms with E-state index in [0.717, 1.165) is 18.2 Å². The second kappa shape index (κ2) is 7.39. The third-order valence-corrected chi connectivity index (χ3v) is 3.49. The Balaban J connectivity index is 1.97. The van der Waals surface area contributed by atoms with Gasteiger partial charge in [-0.05, 0) is 30.3 Å². The van der Waals surface area contributed by atoms with Crippen LogP contribution in [0.1, 0.15) is 6.42 Å². The van der Waals surface area contributed by atoms with Crippen molar-refractivity contribution < 1.29 is 18.4 Å². The van der Waals surface area contributed by atoms with Gasteiger partial charge in [0.05, 0.1) is 10.0 Å². The number of halogens is 4. The molecule has 8 heteroatoms. The number of para-hydroxylation sites is 1. The maximum Gasteiger partial charge on any atom is 0.233 e. The highest BCUT2D eigenvalue weighted by Crippen LogP contribution is 2.25. The number of benzene rings is 2. The normalized spacial score (nSPS) is 10.3. The van der Waals surface area contributed by atoms with Crippen molar-refractivity contribution in [2.45, 2.75) is 6.42 Å². The van der Waals surface area contributed by atoms with Gasteiger partial charge in [-0.3, -0.25) is 9.59 Å². The molecule has 0 aromatic heterocycles. The van der Waals surface area contributed by atoms with Gasteiger partial charge in [0.15, 0.2) is 0 Å². The summed E-state index contributed by atoms with van der Waals surface area (Å²) >= 11 is 11.5. The van der Waals surface area contributed by atoms with E-state index in [1.807, 2.05) is 5.32 Å². The van der Waals surface area contributed by atoms with Crippen molar-refractivity contribution in [3.63, 3.8) is 0 Å². The summed E-state index contributed by atoms with van der Waals surface area (Å²) in [6.07, 6.45) is -0.617. The van der Waals surface area contributed by atoms with Crippen LogP contribution in [0.15, 0.2) is 36.4 Å². The predicted molar refractivity (Wildman–Crippen MR) is 84.7 cm³/mol. The van der Waals surface area contributed by atoms with E-state index in [1.54, 1.807) is 0 Å². The molecule has 0 fully saturated rings. The van der Waals surface area contributed by atoms with Gasteiger partial charge in [0.2, 0.25) is 11.8 Å². The van der Waals surface area contributed by atoms with Crippen molar-refractivity contribution in [2.24, 2.45) is 0 Å². The molecule has 2 aromatic carbocycles. The van der Waals surface area contributed by atoms with Gasteiger partial charge in [-0.2, -0.15) is 0 Å². The molecule has 0 saturated heterocycles. The molecule has 2 N–H and O–H groups in total. The molecule has 0 aliphatic rings.